The van der Waals surface area contributed by atoms with Gasteiger partial charge in [0.1, 0.15) is 6.61 Å². The van der Waals surface area contributed by atoms with Gasteiger partial charge in [-0.2, -0.15) is 0 Å². The minimum absolute atomic E-state index is 0.0179. The first-order chi connectivity index (χ1) is 12.6. The summed E-state index contributed by atoms with van der Waals surface area (Å²) in [5, 5.41) is 23.3. The second-order valence-electron chi connectivity index (χ2n) is 6.08. The van der Waals surface area contributed by atoms with Crippen LogP contribution < -0.4 is 5.32 Å². The lowest BCUT2D eigenvalue weighted by Gasteiger charge is -2.33. The smallest absolute Gasteiger partial charge is 0.273 e. The summed E-state index contributed by atoms with van der Waals surface area (Å²) in [4.78, 5) is 12.3. The van der Waals surface area contributed by atoms with E-state index in [2.05, 4.69) is 27.2 Å². The van der Waals surface area contributed by atoms with Gasteiger partial charge in [0, 0.05) is 18.0 Å². The number of hydrogen-bond donors (Lipinski definition) is 2. The Labute approximate surface area is 150 Å². The minimum Gasteiger partial charge on any atom is -0.422 e. The van der Waals surface area contributed by atoms with Gasteiger partial charge in [0.25, 0.3) is 5.91 Å². The number of aromatic nitrogens is 3. The highest BCUT2D eigenvalue weighted by Crippen LogP contribution is 2.36. The zero-order chi connectivity index (χ0) is 18.5. The van der Waals surface area contributed by atoms with Crippen LogP contribution in [-0.4, -0.2) is 32.4 Å². The van der Waals surface area contributed by atoms with Crippen LogP contribution in [0.2, 0.25) is 0 Å². The van der Waals surface area contributed by atoms with Crippen LogP contribution >= 0.6 is 0 Å². The standard InChI is InChI=1S/C18H20N4O4/c1-3-4-5-6-11(2)15-9-14(22-26-15)17(24)19-13-7-12(8-13)18-21-20-16(10-23)25-18/h3-6,9,12-13,23H,1,7-8,10H2,2H3,(H,19,24)/b5-4-,11-6+/t12-,13-. The lowest BCUT2D eigenvalue weighted by atomic mass is 9.80. The van der Waals surface area contributed by atoms with E-state index < -0.39 is 0 Å². The maximum absolute atomic E-state index is 12.3. The largest absolute Gasteiger partial charge is 0.422 e. The predicted molar refractivity (Wildman–Crippen MR) is 92.9 cm³/mol. The Balaban J connectivity index is 1.52. The van der Waals surface area contributed by atoms with Crippen molar-refractivity contribution in [3.63, 3.8) is 0 Å². The number of carbonyl (C=O) groups excluding carboxylic acids is 1. The summed E-state index contributed by atoms with van der Waals surface area (Å²) >= 11 is 0. The summed E-state index contributed by atoms with van der Waals surface area (Å²) in [5.74, 6) is 1.06. The average Bonchev–Trinajstić information content (AvgIpc) is 3.27. The molecule has 2 N–H and O–H groups in total. The normalized spacial score (nSPS) is 20.2. The highest BCUT2D eigenvalue weighted by atomic mass is 16.5. The van der Waals surface area contributed by atoms with Crippen molar-refractivity contribution in [1.29, 1.82) is 0 Å². The molecule has 3 rings (SSSR count). The lowest BCUT2D eigenvalue weighted by Crippen LogP contribution is -2.43. The first-order valence-corrected chi connectivity index (χ1v) is 8.27. The number of carbonyl (C=O) groups is 1. The number of hydrogen-bond acceptors (Lipinski definition) is 7. The van der Waals surface area contributed by atoms with Gasteiger partial charge in [-0.1, -0.05) is 36.0 Å². The van der Waals surface area contributed by atoms with Crippen molar-refractivity contribution < 1.29 is 18.8 Å². The van der Waals surface area contributed by atoms with E-state index in [-0.39, 0.29) is 36.1 Å². The fourth-order valence-electron chi connectivity index (χ4n) is 2.62. The molecular weight excluding hydrogens is 336 g/mol. The molecule has 1 aliphatic carbocycles. The van der Waals surface area contributed by atoms with Crippen LogP contribution in [0.15, 0.2) is 45.9 Å². The number of aliphatic hydroxyl groups is 1. The number of aliphatic hydroxyl groups excluding tert-OH is 1. The fraction of sp³-hybridized carbons (Fsp3) is 0.333. The van der Waals surface area contributed by atoms with E-state index in [1.165, 1.54) is 0 Å². The van der Waals surface area contributed by atoms with E-state index in [4.69, 9.17) is 14.0 Å². The maximum atomic E-state index is 12.3. The first-order valence-electron chi connectivity index (χ1n) is 8.27. The van der Waals surface area contributed by atoms with Gasteiger partial charge in [-0.3, -0.25) is 4.79 Å². The topological polar surface area (TPSA) is 114 Å². The Hall–Kier alpha value is -3.00. The highest BCUT2D eigenvalue weighted by molar-refractivity contribution is 5.93. The Morgan fingerprint density at radius 3 is 2.92 bits per heavy atom. The molecule has 2 aromatic heterocycles. The maximum Gasteiger partial charge on any atom is 0.273 e. The summed E-state index contributed by atoms with van der Waals surface area (Å²) < 4.78 is 10.5. The van der Waals surface area contributed by atoms with Crippen molar-refractivity contribution >= 4 is 11.5 Å². The molecule has 0 aliphatic heterocycles. The molecule has 136 valence electrons. The number of rotatable bonds is 7. The lowest BCUT2D eigenvalue weighted by molar-refractivity contribution is 0.0893. The van der Waals surface area contributed by atoms with Crippen molar-refractivity contribution in [2.45, 2.75) is 38.3 Å². The van der Waals surface area contributed by atoms with Crippen molar-refractivity contribution in [2.75, 3.05) is 0 Å². The molecule has 2 aromatic rings. The van der Waals surface area contributed by atoms with E-state index in [0.29, 0.717) is 24.5 Å². The molecule has 1 amide bonds. The summed E-state index contributed by atoms with van der Waals surface area (Å²) in [5.41, 5.74) is 1.10. The van der Waals surface area contributed by atoms with Crippen molar-refractivity contribution in [1.82, 2.24) is 20.7 Å². The van der Waals surface area contributed by atoms with Crippen LogP contribution in [-0.2, 0) is 6.61 Å². The van der Waals surface area contributed by atoms with Crippen molar-refractivity contribution in [2.24, 2.45) is 0 Å². The molecule has 8 nitrogen and oxygen atoms in total. The predicted octanol–water partition coefficient (Wildman–Crippen LogP) is 2.37. The van der Waals surface area contributed by atoms with Gasteiger partial charge in [-0.25, -0.2) is 0 Å². The summed E-state index contributed by atoms with van der Waals surface area (Å²) in [6, 6.07) is 1.63. The molecule has 1 aliphatic rings. The SMILES string of the molecule is C=C/C=C\C=C(/C)c1cc(C(=O)N[C@H]2C[C@H](c3nnc(CO)o3)C2)no1. The molecule has 0 unspecified atom stereocenters. The Kier molecular flexibility index (Phi) is 5.43. The monoisotopic (exact) mass is 356 g/mol. The van der Waals surface area contributed by atoms with Crippen LogP contribution in [0.1, 0.15) is 53.7 Å². The molecule has 0 aromatic carbocycles. The summed E-state index contributed by atoms with van der Waals surface area (Å²) in [6.45, 7) is 5.20. The van der Waals surface area contributed by atoms with Crippen molar-refractivity contribution in [3.05, 3.63) is 60.2 Å². The second-order valence-corrected chi connectivity index (χ2v) is 6.08. The van der Waals surface area contributed by atoms with E-state index >= 15 is 0 Å². The van der Waals surface area contributed by atoms with E-state index in [0.717, 1.165) is 5.57 Å². The number of nitrogens with one attached hydrogen (secondary N) is 1. The third-order valence-corrected chi connectivity index (χ3v) is 4.17. The Morgan fingerprint density at radius 1 is 1.42 bits per heavy atom. The number of allylic oxidation sites excluding steroid dienone is 5. The molecule has 0 bridgehead atoms. The van der Waals surface area contributed by atoms with Gasteiger partial charge in [0.15, 0.2) is 11.5 Å². The highest BCUT2D eigenvalue weighted by Gasteiger charge is 2.35. The Bertz CT molecular complexity index is 843. The number of amides is 1. The summed E-state index contributed by atoms with van der Waals surface area (Å²) in [6.07, 6.45) is 8.56. The second kappa shape index (κ2) is 7.92. The molecule has 1 saturated carbocycles. The van der Waals surface area contributed by atoms with Gasteiger partial charge in [0.05, 0.1) is 0 Å². The van der Waals surface area contributed by atoms with Gasteiger partial charge in [-0.15, -0.1) is 10.2 Å². The van der Waals surface area contributed by atoms with Crippen LogP contribution in [0.3, 0.4) is 0 Å². The molecule has 0 spiro atoms. The first kappa shape index (κ1) is 17.8. The third kappa shape index (κ3) is 3.97. The average molecular weight is 356 g/mol. The quantitative estimate of drug-likeness (QED) is 0.732. The van der Waals surface area contributed by atoms with Gasteiger partial charge < -0.3 is 19.4 Å². The van der Waals surface area contributed by atoms with Crippen molar-refractivity contribution in [3.8, 4) is 0 Å². The van der Waals surface area contributed by atoms with Crippen LogP contribution in [0.4, 0.5) is 0 Å². The number of nitrogens with zero attached hydrogens (tertiary/aromatic N) is 3. The molecule has 0 saturated heterocycles. The summed E-state index contributed by atoms with van der Waals surface area (Å²) in [7, 11) is 0. The van der Waals surface area contributed by atoms with Crippen LogP contribution in [0.25, 0.3) is 5.57 Å². The molecule has 8 heteroatoms. The molecule has 26 heavy (non-hydrogen) atoms. The molecule has 1 fully saturated rings. The van der Waals surface area contributed by atoms with Gasteiger partial charge in [0.2, 0.25) is 11.8 Å². The molecule has 2 heterocycles. The van der Waals surface area contributed by atoms with Crippen LogP contribution in [0.5, 0.6) is 0 Å². The van der Waals surface area contributed by atoms with E-state index in [1.54, 1.807) is 18.2 Å². The third-order valence-electron chi connectivity index (χ3n) is 4.17. The Morgan fingerprint density at radius 2 is 2.23 bits per heavy atom. The zero-order valence-electron chi connectivity index (χ0n) is 14.4. The van der Waals surface area contributed by atoms with E-state index in [9.17, 15) is 4.79 Å². The molecular formula is C18H20N4O4. The van der Waals surface area contributed by atoms with E-state index in [1.807, 2.05) is 19.1 Å². The molecule has 0 radical (unpaired) electrons. The van der Waals surface area contributed by atoms with Crippen LogP contribution in [0, 0.1) is 0 Å². The fourth-order valence-corrected chi connectivity index (χ4v) is 2.62. The van der Waals surface area contributed by atoms with Gasteiger partial charge in [-0.05, 0) is 25.3 Å². The zero-order valence-corrected chi connectivity index (χ0v) is 14.4. The minimum atomic E-state index is -0.278. The molecule has 0 atom stereocenters. The van der Waals surface area contributed by atoms with Gasteiger partial charge >= 0.3 is 0 Å².